The van der Waals surface area contributed by atoms with Crippen LogP contribution >= 0.6 is 0 Å². The van der Waals surface area contributed by atoms with Gasteiger partial charge in [-0.15, -0.1) is 0 Å². The number of unbranched alkanes of at least 4 members (excludes halogenated alkanes) is 2. The zero-order chi connectivity index (χ0) is 22.2. The number of rotatable bonds is 10. The Kier molecular flexibility index (Phi) is 7.60. The molecule has 31 heavy (non-hydrogen) atoms. The van der Waals surface area contributed by atoms with Gasteiger partial charge < -0.3 is 9.47 Å². The summed E-state index contributed by atoms with van der Waals surface area (Å²) in [6, 6.07) is 18.2. The summed E-state index contributed by atoms with van der Waals surface area (Å²) in [5, 5.41) is 10.9. The second-order valence-corrected chi connectivity index (χ2v) is 7.79. The van der Waals surface area contributed by atoms with Crippen LogP contribution in [0.5, 0.6) is 0 Å². The molecule has 1 heterocycles. The van der Waals surface area contributed by atoms with E-state index in [4.69, 9.17) is 0 Å². The molecular formula is C25H29N3O3. The first kappa shape index (κ1) is 22.3. The standard InChI is InChI=1S/C25H29N3O3/c1-3-4-7-16-27(25(29)21-12-14-23(15-13-21)28(30)31)19-24-11-8-17-26(24)18-22-10-6-5-9-20(22)2/h5-6,8-15,17H,3-4,7,16,18-19H2,1-2H3. The maximum Gasteiger partial charge on any atom is 0.269 e. The van der Waals surface area contributed by atoms with Crippen LogP contribution in [0.2, 0.25) is 0 Å². The molecule has 0 unspecified atom stereocenters. The molecule has 0 saturated carbocycles. The number of carbonyl (C=O) groups excluding carboxylic acids is 1. The molecular weight excluding hydrogens is 390 g/mol. The predicted octanol–water partition coefficient (Wildman–Crippen LogP) is 5.59. The first-order valence-electron chi connectivity index (χ1n) is 10.7. The molecule has 6 heteroatoms. The summed E-state index contributed by atoms with van der Waals surface area (Å²) in [6.07, 6.45) is 5.09. The van der Waals surface area contributed by atoms with Gasteiger partial charge in [0, 0.05) is 42.7 Å². The van der Waals surface area contributed by atoms with Crippen molar-refractivity contribution in [2.45, 2.75) is 46.2 Å². The van der Waals surface area contributed by atoms with Crippen LogP contribution < -0.4 is 0 Å². The highest BCUT2D eigenvalue weighted by Crippen LogP contribution is 2.18. The first-order chi connectivity index (χ1) is 15.0. The van der Waals surface area contributed by atoms with Gasteiger partial charge in [0.05, 0.1) is 11.5 Å². The Bertz CT molecular complexity index is 1020. The van der Waals surface area contributed by atoms with Gasteiger partial charge >= 0.3 is 0 Å². The third kappa shape index (κ3) is 5.81. The molecule has 1 aromatic heterocycles. The van der Waals surface area contributed by atoms with Crippen molar-refractivity contribution in [3.05, 3.63) is 99.4 Å². The number of aromatic nitrogens is 1. The Morgan fingerprint density at radius 2 is 1.77 bits per heavy atom. The van der Waals surface area contributed by atoms with Crippen LogP contribution in [-0.2, 0) is 13.1 Å². The Hall–Kier alpha value is -3.41. The van der Waals surface area contributed by atoms with Crippen molar-refractivity contribution in [2.75, 3.05) is 6.54 Å². The molecule has 0 bridgehead atoms. The number of carbonyl (C=O) groups is 1. The molecule has 0 spiro atoms. The summed E-state index contributed by atoms with van der Waals surface area (Å²) in [6.45, 7) is 6.14. The van der Waals surface area contributed by atoms with Gasteiger partial charge in [0.2, 0.25) is 0 Å². The van der Waals surface area contributed by atoms with E-state index < -0.39 is 4.92 Å². The number of non-ortho nitro benzene ring substituents is 1. The van der Waals surface area contributed by atoms with Gasteiger partial charge in [-0.25, -0.2) is 0 Å². The minimum atomic E-state index is -0.453. The molecule has 0 N–H and O–H groups in total. The van der Waals surface area contributed by atoms with Crippen molar-refractivity contribution in [3.8, 4) is 0 Å². The number of hydrogen-bond donors (Lipinski definition) is 0. The van der Waals surface area contributed by atoms with Gasteiger partial charge in [-0.1, -0.05) is 44.0 Å². The Balaban J connectivity index is 1.80. The van der Waals surface area contributed by atoms with Gasteiger partial charge in [-0.3, -0.25) is 14.9 Å². The lowest BCUT2D eigenvalue weighted by Crippen LogP contribution is -2.32. The lowest BCUT2D eigenvalue weighted by Gasteiger charge is -2.24. The van der Waals surface area contributed by atoms with Crippen molar-refractivity contribution in [3.63, 3.8) is 0 Å². The molecule has 0 radical (unpaired) electrons. The Morgan fingerprint density at radius 3 is 2.45 bits per heavy atom. The number of hydrogen-bond acceptors (Lipinski definition) is 3. The summed E-state index contributed by atoms with van der Waals surface area (Å²) < 4.78 is 2.18. The van der Waals surface area contributed by atoms with Crippen molar-refractivity contribution >= 4 is 11.6 Å². The number of benzene rings is 2. The third-order valence-corrected chi connectivity index (χ3v) is 5.52. The molecule has 0 fully saturated rings. The second-order valence-electron chi connectivity index (χ2n) is 7.79. The third-order valence-electron chi connectivity index (χ3n) is 5.52. The Morgan fingerprint density at radius 1 is 1.03 bits per heavy atom. The van der Waals surface area contributed by atoms with E-state index in [1.165, 1.54) is 23.3 Å². The molecule has 2 aromatic carbocycles. The maximum atomic E-state index is 13.2. The fourth-order valence-corrected chi connectivity index (χ4v) is 3.63. The minimum absolute atomic E-state index is 0.0128. The first-order valence-corrected chi connectivity index (χ1v) is 10.7. The highest BCUT2D eigenvalue weighted by molar-refractivity contribution is 5.94. The number of amides is 1. The highest BCUT2D eigenvalue weighted by atomic mass is 16.6. The number of nitro benzene ring substituents is 1. The lowest BCUT2D eigenvalue weighted by atomic mass is 10.1. The van der Waals surface area contributed by atoms with Crippen LogP contribution in [0.4, 0.5) is 5.69 Å². The predicted molar refractivity (Wildman–Crippen MR) is 122 cm³/mol. The molecule has 0 aliphatic rings. The van der Waals surface area contributed by atoms with Crippen molar-refractivity contribution < 1.29 is 9.72 Å². The maximum absolute atomic E-state index is 13.2. The van der Waals surface area contributed by atoms with Crippen LogP contribution in [0, 0.1) is 17.0 Å². The van der Waals surface area contributed by atoms with E-state index >= 15 is 0 Å². The fraction of sp³-hybridized carbons (Fsp3) is 0.320. The zero-order valence-electron chi connectivity index (χ0n) is 18.2. The number of aryl methyl sites for hydroxylation is 1. The summed E-state index contributed by atoms with van der Waals surface area (Å²) in [4.78, 5) is 25.5. The monoisotopic (exact) mass is 419 g/mol. The average Bonchev–Trinajstić information content (AvgIpc) is 3.21. The van der Waals surface area contributed by atoms with E-state index in [2.05, 4.69) is 30.5 Å². The van der Waals surface area contributed by atoms with E-state index in [-0.39, 0.29) is 11.6 Å². The van der Waals surface area contributed by atoms with Gasteiger partial charge in [0.1, 0.15) is 0 Å². The number of nitro groups is 1. The largest absolute Gasteiger partial charge is 0.345 e. The topological polar surface area (TPSA) is 68.4 Å². The Labute approximate surface area is 183 Å². The normalized spacial score (nSPS) is 10.8. The fourth-order valence-electron chi connectivity index (χ4n) is 3.63. The molecule has 0 aliphatic carbocycles. The molecule has 0 saturated heterocycles. The van der Waals surface area contributed by atoms with Gasteiger partial charge in [-0.2, -0.15) is 0 Å². The van der Waals surface area contributed by atoms with Crippen LogP contribution in [0.15, 0.2) is 66.9 Å². The summed E-state index contributed by atoms with van der Waals surface area (Å²) in [5.41, 5.74) is 4.01. The molecule has 1 amide bonds. The molecule has 3 aromatic rings. The quantitative estimate of drug-likeness (QED) is 0.244. The molecule has 0 atom stereocenters. The lowest BCUT2D eigenvalue weighted by molar-refractivity contribution is -0.384. The second kappa shape index (κ2) is 10.6. The van der Waals surface area contributed by atoms with Crippen LogP contribution in [-0.4, -0.2) is 26.8 Å². The molecule has 162 valence electrons. The van der Waals surface area contributed by atoms with E-state index in [1.807, 2.05) is 35.4 Å². The van der Waals surface area contributed by atoms with Gasteiger partial charge in [0.25, 0.3) is 11.6 Å². The summed E-state index contributed by atoms with van der Waals surface area (Å²) in [5.74, 6) is -0.102. The van der Waals surface area contributed by atoms with E-state index in [0.717, 1.165) is 31.5 Å². The van der Waals surface area contributed by atoms with E-state index in [9.17, 15) is 14.9 Å². The van der Waals surface area contributed by atoms with Gasteiger partial charge in [-0.05, 0) is 48.7 Å². The van der Waals surface area contributed by atoms with Crippen LogP contribution in [0.3, 0.4) is 0 Å². The summed E-state index contributed by atoms with van der Waals surface area (Å²) >= 11 is 0. The summed E-state index contributed by atoms with van der Waals surface area (Å²) in [7, 11) is 0. The van der Waals surface area contributed by atoms with Crippen molar-refractivity contribution in [2.24, 2.45) is 0 Å². The SMILES string of the molecule is CCCCCN(Cc1cccn1Cc1ccccc1C)C(=O)c1ccc([N+](=O)[O-])cc1. The van der Waals surface area contributed by atoms with Crippen molar-refractivity contribution in [1.29, 1.82) is 0 Å². The molecule has 0 aliphatic heterocycles. The van der Waals surface area contributed by atoms with E-state index in [1.54, 1.807) is 12.1 Å². The molecule has 6 nitrogen and oxygen atoms in total. The highest BCUT2D eigenvalue weighted by Gasteiger charge is 2.18. The van der Waals surface area contributed by atoms with Crippen LogP contribution in [0.1, 0.15) is 53.4 Å². The molecule has 3 rings (SSSR count). The zero-order valence-corrected chi connectivity index (χ0v) is 18.2. The van der Waals surface area contributed by atoms with Gasteiger partial charge in [0.15, 0.2) is 0 Å². The number of nitrogens with zero attached hydrogens (tertiary/aromatic N) is 3. The average molecular weight is 420 g/mol. The minimum Gasteiger partial charge on any atom is -0.345 e. The smallest absolute Gasteiger partial charge is 0.269 e. The van der Waals surface area contributed by atoms with Crippen molar-refractivity contribution in [1.82, 2.24) is 9.47 Å². The van der Waals surface area contributed by atoms with Crippen LogP contribution in [0.25, 0.3) is 0 Å². The van der Waals surface area contributed by atoms with E-state index in [0.29, 0.717) is 18.7 Å².